The van der Waals surface area contributed by atoms with E-state index < -0.39 is 5.97 Å². The van der Waals surface area contributed by atoms with Crippen LogP contribution in [0, 0.1) is 0 Å². The monoisotopic (exact) mass is 290 g/mol. The fourth-order valence-electron chi connectivity index (χ4n) is 1.97. The van der Waals surface area contributed by atoms with E-state index >= 15 is 0 Å². The van der Waals surface area contributed by atoms with Gasteiger partial charge in [0.1, 0.15) is 0 Å². The van der Waals surface area contributed by atoms with Crippen molar-refractivity contribution >= 4 is 23.8 Å². The summed E-state index contributed by atoms with van der Waals surface area (Å²) in [4.78, 5) is 22.4. The third-order valence-corrected chi connectivity index (χ3v) is 3.03. The van der Waals surface area contributed by atoms with Gasteiger partial charge in [-0.3, -0.25) is 0 Å². The average Bonchev–Trinajstić information content (AvgIpc) is 2.45. The van der Waals surface area contributed by atoms with Gasteiger partial charge in [0.25, 0.3) is 0 Å². The van der Waals surface area contributed by atoms with E-state index in [1.54, 1.807) is 24.3 Å². The molecular formula is C16H22N2O3. The normalized spacial score (nSPS) is 12.1. The van der Waals surface area contributed by atoms with Gasteiger partial charge in [-0.25, -0.2) is 9.59 Å². The Labute approximate surface area is 125 Å². The lowest BCUT2D eigenvalue weighted by molar-refractivity contribution is -0.131. The van der Waals surface area contributed by atoms with Crippen molar-refractivity contribution in [1.29, 1.82) is 0 Å². The topological polar surface area (TPSA) is 78.4 Å². The maximum atomic E-state index is 11.9. The summed E-state index contributed by atoms with van der Waals surface area (Å²) in [7, 11) is 0. The van der Waals surface area contributed by atoms with E-state index in [4.69, 9.17) is 5.11 Å². The molecule has 21 heavy (non-hydrogen) atoms. The van der Waals surface area contributed by atoms with Gasteiger partial charge in [0, 0.05) is 17.8 Å². The Kier molecular flexibility index (Phi) is 7.01. The van der Waals surface area contributed by atoms with Crippen molar-refractivity contribution in [3.05, 3.63) is 35.9 Å². The molecule has 1 aromatic carbocycles. The molecule has 2 amide bonds. The molecule has 5 heteroatoms. The Hall–Kier alpha value is -2.30. The number of carboxylic acids is 1. The summed E-state index contributed by atoms with van der Waals surface area (Å²) in [5.41, 5.74) is 1.35. The largest absolute Gasteiger partial charge is 0.478 e. The third kappa shape index (κ3) is 6.61. The summed E-state index contributed by atoms with van der Waals surface area (Å²) in [5, 5.41) is 14.3. The summed E-state index contributed by atoms with van der Waals surface area (Å²) in [5.74, 6) is -1.00. The Morgan fingerprint density at radius 2 is 2.10 bits per heavy atom. The zero-order valence-corrected chi connectivity index (χ0v) is 12.4. The number of urea groups is 1. The number of anilines is 1. The van der Waals surface area contributed by atoms with Crippen molar-refractivity contribution in [3.8, 4) is 0 Å². The Bertz CT molecular complexity index is 512. The lowest BCUT2D eigenvalue weighted by atomic mass is 10.1. The Morgan fingerprint density at radius 3 is 2.71 bits per heavy atom. The number of benzene rings is 1. The van der Waals surface area contributed by atoms with Crippen LogP contribution >= 0.6 is 0 Å². The summed E-state index contributed by atoms with van der Waals surface area (Å²) in [6.07, 6.45) is 5.41. The molecule has 5 nitrogen and oxygen atoms in total. The third-order valence-electron chi connectivity index (χ3n) is 3.03. The molecule has 0 aliphatic heterocycles. The molecule has 1 atom stereocenters. The fraction of sp³-hybridized carbons (Fsp3) is 0.375. The number of amides is 2. The molecule has 0 heterocycles. The molecule has 3 N–H and O–H groups in total. The van der Waals surface area contributed by atoms with E-state index in [2.05, 4.69) is 17.6 Å². The molecule has 1 unspecified atom stereocenters. The Morgan fingerprint density at radius 1 is 1.33 bits per heavy atom. The predicted molar refractivity (Wildman–Crippen MR) is 84.3 cm³/mol. The molecular weight excluding hydrogens is 268 g/mol. The van der Waals surface area contributed by atoms with Gasteiger partial charge < -0.3 is 15.7 Å². The zero-order chi connectivity index (χ0) is 15.7. The van der Waals surface area contributed by atoms with E-state index in [1.165, 1.54) is 6.08 Å². The van der Waals surface area contributed by atoms with Gasteiger partial charge in [0.15, 0.2) is 0 Å². The number of carbonyl (C=O) groups is 2. The number of carbonyl (C=O) groups excluding carboxylic acids is 1. The molecule has 0 aliphatic rings. The van der Waals surface area contributed by atoms with E-state index in [9.17, 15) is 9.59 Å². The minimum atomic E-state index is -1.00. The van der Waals surface area contributed by atoms with E-state index in [0.29, 0.717) is 5.69 Å². The minimum absolute atomic E-state index is 0.171. The number of aliphatic carboxylic acids is 1. The van der Waals surface area contributed by atoms with Crippen LogP contribution in [-0.4, -0.2) is 23.1 Å². The van der Waals surface area contributed by atoms with Gasteiger partial charge in [-0.1, -0.05) is 32.4 Å². The summed E-state index contributed by atoms with van der Waals surface area (Å²) >= 11 is 0. The molecule has 1 rings (SSSR count). The second-order valence-corrected chi connectivity index (χ2v) is 4.79. The number of hydrogen-bond donors (Lipinski definition) is 3. The maximum absolute atomic E-state index is 11.9. The smallest absolute Gasteiger partial charge is 0.328 e. The van der Waals surface area contributed by atoms with Crippen molar-refractivity contribution in [3.63, 3.8) is 0 Å². The van der Waals surface area contributed by atoms with Crippen LogP contribution in [0.15, 0.2) is 30.3 Å². The maximum Gasteiger partial charge on any atom is 0.328 e. The standard InChI is InChI=1S/C16H22N2O3/c1-3-6-13(4-2)17-16(21)18-14-8-5-7-12(11-14)9-10-15(19)20/h5,7-11,13H,3-4,6H2,1-2H3,(H,19,20)(H2,17,18,21)/b10-9+. The SMILES string of the molecule is CCCC(CC)NC(=O)Nc1cccc(/C=C/C(=O)O)c1. The van der Waals surface area contributed by atoms with Crippen LogP contribution in [0.3, 0.4) is 0 Å². The van der Waals surface area contributed by atoms with Gasteiger partial charge in [-0.15, -0.1) is 0 Å². The van der Waals surface area contributed by atoms with Gasteiger partial charge >= 0.3 is 12.0 Å². The van der Waals surface area contributed by atoms with Crippen LogP contribution in [0.5, 0.6) is 0 Å². The van der Waals surface area contributed by atoms with Crippen molar-refractivity contribution in [1.82, 2.24) is 5.32 Å². The molecule has 1 aromatic rings. The van der Waals surface area contributed by atoms with Crippen molar-refractivity contribution in [2.24, 2.45) is 0 Å². The highest BCUT2D eigenvalue weighted by atomic mass is 16.4. The van der Waals surface area contributed by atoms with Crippen LogP contribution in [0.4, 0.5) is 10.5 Å². The first-order valence-corrected chi connectivity index (χ1v) is 7.13. The molecule has 0 aromatic heterocycles. The molecule has 0 saturated carbocycles. The van der Waals surface area contributed by atoms with Crippen molar-refractivity contribution in [2.45, 2.75) is 39.2 Å². The molecule has 0 aliphatic carbocycles. The molecule has 0 bridgehead atoms. The fourth-order valence-corrected chi connectivity index (χ4v) is 1.97. The lowest BCUT2D eigenvalue weighted by Crippen LogP contribution is -2.37. The summed E-state index contributed by atoms with van der Waals surface area (Å²) in [6, 6.07) is 6.95. The number of hydrogen-bond acceptors (Lipinski definition) is 2. The lowest BCUT2D eigenvalue weighted by Gasteiger charge is -2.16. The van der Waals surface area contributed by atoms with Crippen LogP contribution < -0.4 is 10.6 Å². The highest BCUT2D eigenvalue weighted by Crippen LogP contribution is 2.12. The number of nitrogens with one attached hydrogen (secondary N) is 2. The van der Waals surface area contributed by atoms with Crippen LogP contribution in [0.2, 0.25) is 0 Å². The molecule has 114 valence electrons. The first-order chi connectivity index (χ1) is 10.0. The number of rotatable bonds is 7. The predicted octanol–water partition coefficient (Wildman–Crippen LogP) is 3.48. The minimum Gasteiger partial charge on any atom is -0.478 e. The van der Waals surface area contributed by atoms with Gasteiger partial charge in [0.2, 0.25) is 0 Å². The van der Waals surface area contributed by atoms with E-state index in [-0.39, 0.29) is 12.1 Å². The highest BCUT2D eigenvalue weighted by Gasteiger charge is 2.09. The summed E-state index contributed by atoms with van der Waals surface area (Å²) < 4.78 is 0. The molecule has 0 saturated heterocycles. The molecule has 0 radical (unpaired) electrons. The van der Waals surface area contributed by atoms with Crippen molar-refractivity contribution in [2.75, 3.05) is 5.32 Å². The second kappa shape index (κ2) is 8.79. The first-order valence-electron chi connectivity index (χ1n) is 7.13. The molecule has 0 spiro atoms. The van der Waals surface area contributed by atoms with Gasteiger partial charge in [-0.2, -0.15) is 0 Å². The molecule has 0 fully saturated rings. The van der Waals surface area contributed by atoms with Crippen LogP contribution in [0.1, 0.15) is 38.7 Å². The van der Waals surface area contributed by atoms with Gasteiger partial charge in [0.05, 0.1) is 0 Å². The Balaban J connectivity index is 2.63. The van der Waals surface area contributed by atoms with Crippen LogP contribution in [0.25, 0.3) is 6.08 Å². The average molecular weight is 290 g/mol. The number of carboxylic acid groups (broad SMARTS) is 1. The van der Waals surface area contributed by atoms with E-state index in [0.717, 1.165) is 30.9 Å². The first kappa shape index (κ1) is 16.8. The second-order valence-electron chi connectivity index (χ2n) is 4.79. The highest BCUT2D eigenvalue weighted by molar-refractivity contribution is 5.90. The van der Waals surface area contributed by atoms with Gasteiger partial charge in [-0.05, 0) is 36.6 Å². The zero-order valence-electron chi connectivity index (χ0n) is 12.4. The summed E-state index contributed by atoms with van der Waals surface area (Å²) in [6.45, 7) is 4.12. The van der Waals surface area contributed by atoms with E-state index in [1.807, 2.05) is 6.92 Å². The van der Waals surface area contributed by atoms with Crippen LogP contribution in [-0.2, 0) is 4.79 Å². The quantitative estimate of drug-likeness (QED) is 0.673. The van der Waals surface area contributed by atoms with Crippen molar-refractivity contribution < 1.29 is 14.7 Å².